The Bertz CT molecular complexity index is 2560. The topological polar surface area (TPSA) is 51.8 Å². The summed E-state index contributed by atoms with van der Waals surface area (Å²) in [6.45, 7) is 0. The van der Waals surface area contributed by atoms with Gasteiger partial charge in [-0.1, -0.05) is 152 Å². The highest BCUT2D eigenvalue weighted by Gasteiger charge is 2.15. The highest BCUT2D eigenvalue weighted by atomic mass is 16.3. The lowest BCUT2D eigenvalue weighted by Gasteiger charge is -2.09. The van der Waals surface area contributed by atoms with Crippen LogP contribution in [0.2, 0.25) is 0 Å². The molecule has 9 aromatic rings. The lowest BCUT2D eigenvalue weighted by atomic mass is 9.99. The number of benzene rings is 7. The van der Waals surface area contributed by atoms with Gasteiger partial charge in [-0.3, -0.25) is 0 Å². The third-order valence-corrected chi connectivity index (χ3v) is 8.97. The van der Waals surface area contributed by atoms with Gasteiger partial charge in [0.05, 0.1) is 0 Å². The summed E-state index contributed by atoms with van der Waals surface area (Å²) in [5.74, 6) is 1.84. The third kappa shape index (κ3) is 5.56. The largest absolute Gasteiger partial charge is 0.456 e. The fourth-order valence-electron chi connectivity index (χ4n) is 6.37. The molecule has 0 saturated heterocycles. The van der Waals surface area contributed by atoms with Gasteiger partial charge in [-0.25, -0.2) is 15.0 Å². The Morgan fingerprint density at radius 1 is 0.265 bits per heavy atom. The van der Waals surface area contributed by atoms with Crippen LogP contribution in [0, 0.1) is 0 Å². The van der Waals surface area contributed by atoms with Crippen molar-refractivity contribution in [1.82, 2.24) is 15.0 Å². The van der Waals surface area contributed by atoms with E-state index >= 15 is 0 Å². The van der Waals surface area contributed by atoms with E-state index in [0.717, 1.165) is 55.3 Å². The second kappa shape index (κ2) is 12.2. The molecule has 0 radical (unpaired) electrons. The Labute approximate surface area is 284 Å². The van der Waals surface area contributed by atoms with Crippen LogP contribution in [0.5, 0.6) is 0 Å². The third-order valence-electron chi connectivity index (χ3n) is 8.97. The fraction of sp³-hybridized carbons (Fsp3) is 0. The smallest absolute Gasteiger partial charge is 0.164 e. The highest BCUT2D eigenvalue weighted by molar-refractivity contribution is 6.07. The fourth-order valence-corrected chi connectivity index (χ4v) is 6.37. The average molecular weight is 628 g/mol. The zero-order chi connectivity index (χ0) is 32.6. The van der Waals surface area contributed by atoms with Crippen molar-refractivity contribution in [3.8, 4) is 67.5 Å². The molecule has 2 heterocycles. The van der Waals surface area contributed by atoms with E-state index in [0.29, 0.717) is 17.5 Å². The maximum atomic E-state index is 6.40. The Morgan fingerprint density at radius 3 is 1.20 bits per heavy atom. The summed E-state index contributed by atoms with van der Waals surface area (Å²) in [7, 11) is 0. The van der Waals surface area contributed by atoms with Crippen LogP contribution in [0.1, 0.15) is 0 Å². The zero-order valence-electron chi connectivity index (χ0n) is 26.5. The molecule has 0 aliphatic carbocycles. The van der Waals surface area contributed by atoms with Gasteiger partial charge < -0.3 is 4.42 Å². The Kier molecular flexibility index (Phi) is 7.10. The number of aromatic nitrogens is 3. The van der Waals surface area contributed by atoms with Crippen LogP contribution in [0.4, 0.5) is 0 Å². The molecule has 0 saturated carbocycles. The lowest BCUT2D eigenvalue weighted by Crippen LogP contribution is -2.00. The summed E-state index contributed by atoms with van der Waals surface area (Å²) in [4.78, 5) is 14.8. The number of hydrogen-bond donors (Lipinski definition) is 0. The van der Waals surface area contributed by atoms with Gasteiger partial charge in [0.1, 0.15) is 11.2 Å². The maximum Gasteiger partial charge on any atom is 0.164 e. The van der Waals surface area contributed by atoms with Crippen LogP contribution in [-0.4, -0.2) is 15.0 Å². The van der Waals surface area contributed by atoms with Crippen LogP contribution in [-0.2, 0) is 0 Å². The molecule has 4 nitrogen and oxygen atoms in total. The number of furan rings is 1. The predicted molar refractivity (Wildman–Crippen MR) is 200 cm³/mol. The van der Waals surface area contributed by atoms with E-state index in [2.05, 4.69) is 127 Å². The first-order chi connectivity index (χ1) is 24.2. The first kappa shape index (κ1) is 28.6. The van der Waals surface area contributed by atoms with Gasteiger partial charge >= 0.3 is 0 Å². The second-order valence-corrected chi connectivity index (χ2v) is 12.1. The lowest BCUT2D eigenvalue weighted by molar-refractivity contribution is 0.669. The van der Waals surface area contributed by atoms with E-state index in [9.17, 15) is 0 Å². The van der Waals surface area contributed by atoms with Crippen molar-refractivity contribution in [1.29, 1.82) is 0 Å². The minimum atomic E-state index is 0.595. The van der Waals surface area contributed by atoms with E-state index in [1.54, 1.807) is 0 Å². The van der Waals surface area contributed by atoms with Crippen LogP contribution in [0.15, 0.2) is 180 Å². The molecule has 0 aliphatic heterocycles. The van der Waals surface area contributed by atoms with Crippen LogP contribution < -0.4 is 0 Å². The van der Waals surface area contributed by atoms with Gasteiger partial charge in [0, 0.05) is 27.5 Å². The first-order valence-electron chi connectivity index (χ1n) is 16.4. The second-order valence-electron chi connectivity index (χ2n) is 12.1. The molecule has 0 fully saturated rings. The average Bonchev–Trinajstić information content (AvgIpc) is 3.56. The number of nitrogens with zero attached hydrogens (tertiary/aromatic N) is 3. The Hall–Kier alpha value is -6.65. The van der Waals surface area contributed by atoms with Gasteiger partial charge in [0.25, 0.3) is 0 Å². The number of fused-ring (bicyclic) bond motifs is 3. The SMILES string of the molecule is c1ccc(-c2ccc(-c3ccc4oc5cc(-c6nc(-c7ccccc7)nc(-c7ccc(-c8ccccc8)cc7)n6)ccc5c4c3)cc2)cc1. The van der Waals surface area contributed by atoms with Crippen molar-refractivity contribution in [2.45, 2.75) is 0 Å². The number of rotatable bonds is 6. The maximum absolute atomic E-state index is 6.40. The summed E-state index contributed by atoms with van der Waals surface area (Å²) >= 11 is 0. The summed E-state index contributed by atoms with van der Waals surface area (Å²) in [6, 6.07) is 60.6. The molecular weight excluding hydrogens is 599 g/mol. The van der Waals surface area contributed by atoms with Gasteiger partial charge in [-0.05, 0) is 57.6 Å². The molecule has 0 aliphatic rings. The van der Waals surface area contributed by atoms with Crippen molar-refractivity contribution in [2.24, 2.45) is 0 Å². The highest BCUT2D eigenvalue weighted by Crippen LogP contribution is 2.35. The van der Waals surface area contributed by atoms with Gasteiger partial charge in [0.15, 0.2) is 17.5 Å². The molecule has 9 rings (SSSR count). The van der Waals surface area contributed by atoms with Crippen molar-refractivity contribution in [3.05, 3.63) is 176 Å². The van der Waals surface area contributed by atoms with Gasteiger partial charge in [-0.2, -0.15) is 0 Å². The van der Waals surface area contributed by atoms with E-state index < -0.39 is 0 Å². The molecule has 230 valence electrons. The molecule has 0 amide bonds. The molecule has 4 heteroatoms. The van der Waals surface area contributed by atoms with Crippen LogP contribution in [0.3, 0.4) is 0 Å². The Morgan fingerprint density at radius 2 is 0.653 bits per heavy atom. The van der Waals surface area contributed by atoms with Crippen LogP contribution in [0.25, 0.3) is 89.5 Å². The molecule has 0 unspecified atom stereocenters. The van der Waals surface area contributed by atoms with Crippen molar-refractivity contribution < 1.29 is 4.42 Å². The normalized spacial score (nSPS) is 11.3. The molecular formula is C45H29N3O. The molecule has 0 N–H and O–H groups in total. The molecule has 49 heavy (non-hydrogen) atoms. The monoisotopic (exact) mass is 627 g/mol. The van der Waals surface area contributed by atoms with E-state index in [-0.39, 0.29) is 0 Å². The molecule has 0 atom stereocenters. The number of hydrogen-bond acceptors (Lipinski definition) is 4. The minimum Gasteiger partial charge on any atom is -0.456 e. The van der Waals surface area contributed by atoms with Gasteiger partial charge in [-0.15, -0.1) is 0 Å². The van der Waals surface area contributed by atoms with Crippen LogP contribution >= 0.6 is 0 Å². The minimum absolute atomic E-state index is 0.595. The first-order valence-corrected chi connectivity index (χ1v) is 16.4. The van der Waals surface area contributed by atoms with Gasteiger partial charge in [0.2, 0.25) is 0 Å². The van der Waals surface area contributed by atoms with E-state index in [1.165, 1.54) is 16.7 Å². The Balaban J connectivity index is 1.09. The quantitative estimate of drug-likeness (QED) is 0.184. The molecule has 0 spiro atoms. The zero-order valence-corrected chi connectivity index (χ0v) is 26.5. The summed E-state index contributed by atoms with van der Waals surface area (Å²) in [5, 5.41) is 2.13. The summed E-state index contributed by atoms with van der Waals surface area (Å²) < 4.78 is 6.40. The van der Waals surface area contributed by atoms with Crippen molar-refractivity contribution in [2.75, 3.05) is 0 Å². The summed E-state index contributed by atoms with van der Waals surface area (Å²) in [5.41, 5.74) is 11.4. The van der Waals surface area contributed by atoms with E-state index in [4.69, 9.17) is 19.4 Å². The molecule has 0 bridgehead atoms. The summed E-state index contributed by atoms with van der Waals surface area (Å²) in [6.07, 6.45) is 0. The van der Waals surface area contributed by atoms with Crippen molar-refractivity contribution in [3.63, 3.8) is 0 Å². The van der Waals surface area contributed by atoms with Crippen molar-refractivity contribution >= 4 is 21.9 Å². The van der Waals surface area contributed by atoms with E-state index in [1.807, 2.05) is 48.5 Å². The predicted octanol–water partition coefficient (Wildman–Crippen LogP) is 11.8. The molecule has 2 aromatic heterocycles. The molecule has 7 aromatic carbocycles. The standard InChI is InChI=1S/C45H29N3O/c1-4-10-30(11-5-1)32-16-18-34(19-17-32)37-25-27-41-40(28-37)39-26-24-38(29-42(39)49-41)45-47-43(35-14-8-3-9-15-35)46-44(48-45)36-22-20-33(21-23-36)31-12-6-2-7-13-31/h1-29H.